The van der Waals surface area contributed by atoms with Gasteiger partial charge in [0.05, 0.1) is 6.54 Å². The number of aryl methyl sites for hydroxylation is 1. The van der Waals surface area contributed by atoms with Crippen LogP contribution in [-0.4, -0.2) is 20.5 Å². The van der Waals surface area contributed by atoms with E-state index >= 15 is 0 Å². The van der Waals surface area contributed by atoms with Gasteiger partial charge in [0.15, 0.2) is 0 Å². The molecule has 0 aliphatic rings. The molecule has 0 bridgehead atoms. The first-order valence-electron chi connectivity index (χ1n) is 7.61. The lowest BCUT2D eigenvalue weighted by Crippen LogP contribution is -2.32. The Hall–Kier alpha value is -0.850. The molecule has 0 fully saturated rings. The van der Waals surface area contributed by atoms with E-state index in [2.05, 4.69) is 17.0 Å². The number of hydrogen-bond acceptors (Lipinski definition) is 4. The first-order chi connectivity index (χ1) is 9.76. The monoisotopic (exact) mass is 316 g/mol. The van der Waals surface area contributed by atoms with Gasteiger partial charge in [0.2, 0.25) is 10.0 Å². The minimum atomic E-state index is -3.51. The Kier molecular flexibility index (Phi) is 6.90. The van der Waals surface area contributed by atoms with Gasteiger partial charge in [-0.1, -0.05) is 33.6 Å². The van der Waals surface area contributed by atoms with Crippen molar-refractivity contribution >= 4 is 10.0 Å². The summed E-state index contributed by atoms with van der Waals surface area (Å²) < 4.78 is 33.0. The standard InChI is InChI=1S/C15H28N2O3S/c1-6-7-8-12(4)17-21(18,19)15-9-14(20-13(15)5)10-16-11(2)3/h9,11-12,16-17H,6-8,10H2,1-5H3. The molecule has 0 aliphatic carbocycles. The molecule has 1 aromatic rings. The van der Waals surface area contributed by atoms with E-state index in [1.165, 1.54) is 0 Å². The first-order valence-corrected chi connectivity index (χ1v) is 9.09. The van der Waals surface area contributed by atoms with Gasteiger partial charge in [0, 0.05) is 18.2 Å². The Morgan fingerprint density at radius 2 is 1.95 bits per heavy atom. The van der Waals surface area contributed by atoms with Crippen molar-refractivity contribution in [3.8, 4) is 0 Å². The smallest absolute Gasteiger partial charge is 0.244 e. The number of hydrogen-bond donors (Lipinski definition) is 2. The van der Waals surface area contributed by atoms with Crippen molar-refractivity contribution in [1.82, 2.24) is 10.0 Å². The van der Waals surface area contributed by atoms with Gasteiger partial charge in [-0.2, -0.15) is 0 Å². The lowest BCUT2D eigenvalue weighted by molar-refractivity contribution is 0.443. The molecule has 122 valence electrons. The third-order valence-electron chi connectivity index (χ3n) is 3.24. The van der Waals surface area contributed by atoms with Crippen molar-refractivity contribution in [2.24, 2.45) is 0 Å². The van der Waals surface area contributed by atoms with Gasteiger partial charge >= 0.3 is 0 Å². The zero-order chi connectivity index (χ0) is 16.0. The van der Waals surface area contributed by atoms with Gasteiger partial charge in [-0.25, -0.2) is 13.1 Å². The van der Waals surface area contributed by atoms with Crippen LogP contribution in [-0.2, 0) is 16.6 Å². The third kappa shape index (κ3) is 5.80. The van der Waals surface area contributed by atoms with Gasteiger partial charge in [0.1, 0.15) is 16.4 Å². The van der Waals surface area contributed by atoms with Gasteiger partial charge in [-0.15, -0.1) is 0 Å². The molecule has 0 aromatic carbocycles. The Bertz CT molecular complexity index is 535. The van der Waals surface area contributed by atoms with Crippen LogP contribution in [0.15, 0.2) is 15.4 Å². The van der Waals surface area contributed by atoms with Crippen molar-refractivity contribution < 1.29 is 12.8 Å². The maximum atomic E-state index is 12.4. The molecule has 2 N–H and O–H groups in total. The maximum Gasteiger partial charge on any atom is 0.244 e. The van der Waals surface area contributed by atoms with E-state index in [-0.39, 0.29) is 10.9 Å². The second kappa shape index (κ2) is 7.96. The maximum absolute atomic E-state index is 12.4. The molecule has 1 heterocycles. The van der Waals surface area contributed by atoms with Crippen molar-refractivity contribution in [3.63, 3.8) is 0 Å². The minimum absolute atomic E-state index is 0.0681. The molecule has 21 heavy (non-hydrogen) atoms. The molecule has 1 rings (SSSR count). The molecule has 0 amide bonds. The van der Waals surface area contributed by atoms with Crippen LogP contribution in [0.3, 0.4) is 0 Å². The molecule has 0 saturated carbocycles. The van der Waals surface area contributed by atoms with Gasteiger partial charge in [-0.05, 0) is 20.3 Å². The van der Waals surface area contributed by atoms with E-state index in [4.69, 9.17) is 4.42 Å². The summed E-state index contributed by atoms with van der Waals surface area (Å²) in [5.41, 5.74) is 0. The van der Waals surface area contributed by atoms with Gasteiger partial charge < -0.3 is 9.73 Å². The number of nitrogens with one attached hydrogen (secondary N) is 2. The fourth-order valence-corrected chi connectivity index (χ4v) is 3.56. The fourth-order valence-electron chi connectivity index (χ4n) is 2.08. The highest BCUT2D eigenvalue weighted by Gasteiger charge is 2.23. The molecular formula is C15H28N2O3S. The highest BCUT2D eigenvalue weighted by molar-refractivity contribution is 7.89. The molecule has 5 nitrogen and oxygen atoms in total. The summed E-state index contributed by atoms with van der Waals surface area (Å²) in [4.78, 5) is 0.242. The molecule has 1 aromatic heterocycles. The highest BCUT2D eigenvalue weighted by atomic mass is 32.2. The Balaban J connectivity index is 2.78. The van der Waals surface area contributed by atoms with E-state index in [0.717, 1.165) is 19.3 Å². The number of unbranched alkanes of at least 4 members (excludes halogenated alkanes) is 1. The van der Waals surface area contributed by atoms with Crippen molar-refractivity contribution in [2.45, 2.75) is 77.4 Å². The average molecular weight is 316 g/mol. The van der Waals surface area contributed by atoms with E-state index in [0.29, 0.717) is 24.1 Å². The predicted molar refractivity (Wildman–Crippen MR) is 84.7 cm³/mol. The molecule has 1 atom stereocenters. The summed E-state index contributed by atoms with van der Waals surface area (Å²) in [6, 6.07) is 1.86. The Morgan fingerprint density at radius 1 is 1.29 bits per heavy atom. The molecular weight excluding hydrogens is 288 g/mol. The van der Waals surface area contributed by atoms with Gasteiger partial charge in [0.25, 0.3) is 0 Å². The van der Waals surface area contributed by atoms with Crippen molar-refractivity contribution in [3.05, 3.63) is 17.6 Å². The third-order valence-corrected chi connectivity index (χ3v) is 4.94. The first kappa shape index (κ1) is 18.2. The lowest BCUT2D eigenvalue weighted by Gasteiger charge is -2.13. The van der Waals surface area contributed by atoms with Crippen LogP contribution in [0.25, 0.3) is 0 Å². The van der Waals surface area contributed by atoms with Crippen LogP contribution in [0.2, 0.25) is 0 Å². The van der Waals surface area contributed by atoms with Gasteiger partial charge in [-0.3, -0.25) is 0 Å². The number of sulfonamides is 1. The molecule has 1 unspecified atom stereocenters. The largest absolute Gasteiger partial charge is 0.464 e. The highest BCUT2D eigenvalue weighted by Crippen LogP contribution is 2.20. The van der Waals surface area contributed by atoms with Crippen LogP contribution < -0.4 is 10.0 Å². The lowest BCUT2D eigenvalue weighted by atomic mass is 10.2. The number of rotatable bonds is 9. The van der Waals surface area contributed by atoms with Crippen LogP contribution in [0.5, 0.6) is 0 Å². The average Bonchev–Trinajstić information content (AvgIpc) is 2.75. The molecule has 6 heteroatoms. The number of furan rings is 1. The summed E-state index contributed by atoms with van der Waals surface area (Å²) in [6.45, 7) is 10.3. The van der Waals surface area contributed by atoms with E-state index < -0.39 is 10.0 Å². The van der Waals surface area contributed by atoms with Crippen LogP contribution in [0, 0.1) is 6.92 Å². The van der Waals surface area contributed by atoms with Crippen LogP contribution in [0.1, 0.15) is 58.5 Å². The summed E-state index contributed by atoms with van der Waals surface area (Å²) in [6.07, 6.45) is 2.91. The summed E-state index contributed by atoms with van der Waals surface area (Å²) in [5.74, 6) is 1.08. The topological polar surface area (TPSA) is 71.3 Å². The second-order valence-corrected chi connectivity index (χ2v) is 7.52. The predicted octanol–water partition coefficient (Wildman–Crippen LogP) is 2.94. The zero-order valence-corrected chi connectivity index (χ0v) is 14.5. The van der Waals surface area contributed by atoms with Crippen molar-refractivity contribution in [2.75, 3.05) is 0 Å². The Labute approximate surface area is 128 Å². The molecule has 0 saturated heterocycles. The van der Waals surface area contributed by atoms with Crippen LogP contribution >= 0.6 is 0 Å². The second-order valence-electron chi connectivity index (χ2n) is 5.83. The van der Waals surface area contributed by atoms with E-state index in [1.54, 1.807) is 13.0 Å². The molecule has 0 aliphatic heterocycles. The summed E-state index contributed by atoms with van der Waals surface area (Å²) >= 11 is 0. The van der Waals surface area contributed by atoms with E-state index in [1.807, 2.05) is 20.8 Å². The molecule has 0 spiro atoms. The minimum Gasteiger partial charge on any atom is -0.464 e. The quantitative estimate of drug-likeness (QED) is 0.735. The SMILES string of the molecule is CCCCC(C)NS(=O)(=O)c1cc(CNC(C)C)oc1C. The fraction of sp³-hybridized carbons (Fsp3) is 0.733. The molecule has 0 radical (unpaired) electrons. The zero-order valence-electron chi connectivity index (χ0n) is 13.7. The summed E-state index contributed by atoms with van der Waals surface area (Å²) in [5, 5.41) is 3.21. The Morgan fingerprint density at radius 3 is 2.52 bits per heavy atom. The van der Waals surface area contributed by atoms with Crippen molar-refractivity contribution in [1.29, 1.82) is 0 Å². The van der Waals surface area contributed by atoms with Crippen LogP contribution in [0.4, 0.5) is 0 Å². The summed E-state index contributed by atoms with van der Waals surface area (Å²) in [7, 11) is -3.51. The normalized spacial score (nSPS) is 13.8. The van der Waals surface area contributed by atoms with E-state index in [9.17, 15) is 8.42 Å².